The van der Waals surface area contributed by atoms with Gasteiger partial charge in [-0.1, -0.05) is 18.7 Å². The van der Waals surface area contributed by atoms with Gasteiger partial charge in [-0.05, 0) is 50.1 Å². The van der Waals surface area contributed by atoms with E-state index in [9.17, 15) is 4.79 Å². The number of carbonyl (C=O) groups is 1. The fourth-order valence-corrected chi connectivity index (χ4v) is 3.94. The van der Waals surface area contributed by atoms with Crippen molar-refractivity contribution in [3.8, 4) is 0 Å². The first-order chi connectivity index (χ1) is 11.1. The second kappa shape index (κ2) is 6.28. The van der Waals surface area contributed by atoms with Crippen molar-refractivity contribution in [2.24, 2.45) is 0 Å². The lowest BCUT2D eigenvalue weighted by atomic mass is 9.95. The molecule has 0 unspecified atom stereocenters. The summed E-state index contributed by atoms with van der Waals surface area (Å²) in [4.78, 5) is 17.5. The van der Waals surface area contributed by atoms with Crippen LogP contribution in [0.5, 0.6) is 0 Å². The number of pyridine rings is 1. The second-order valence-electron chi connectivity index (χ2n) is 5.79. The van der Waals surface area contributed by atoms with Gasteiger partial charge in [-0.3, -0.25) is 4.98 Å². The summed E-state index contributed by atoms with van der Waals surface area (Å²) in [5, 5.41) is 2.10. The molecule has 0 aliphatic heterocycles. The van der Waals surface area contributed by atoms with E-state index in [1.165, 1.54) is 0 Å². The number of thiophene rings is 1. The fraction of sp³-hybridized carbons (Fsp3) is 0.368. The Morgan fingerprint density at radius 3 is 2.78 bits per heavy atom. The molecule has 0 saturated heterocycles. The zero-order chi connectivity index (χ0) is 16.6. The standard InChI is InChI=1S/C19H21NO2S/c1-5-12(6-2)14-15(19(21)22-7-3)17(13-8-9-13)20-16-11(4)10-23-18(14)16/h5-6,10,13H,1,7-9H2,2-4H3/b12-6+. The number of ether oxygens (including phenoxy) is 1. The Labute approximate surface area is 140 Å². The van der Waals surface area contributed by atoms with Crippen molar-refractivity contribution in [3.63, 3.8) is 0 Å². The van der Waals surface area contributed by atoms with E-state index in [0.717, 1.165) is 45.5 Å². The third-order valence-electron chi connectivity index (χ3n) is 4.17. The van der Waals surface area contributed by atoms with Crippen LogP contribution in [0.2, 0.25) is 0 Å². The topological polar surface area (TPSA) is 39.2 Å². The molecule has 1 fully saturated rings. The third kappa shape index (κ3) is 2.72. The zero-order valence-corrected chi connectivity index (χ0v) is 14.6. The molecule has 2 aromatic rings. The molecule has 1 aliphatic rings. The summed E-state index contributed by atoms with van der Waals surface area (Å²) >= 11 is 1.63. The number of carbonyl (C=O) groups excluding carboxylic acids is 1. The molecule has 0 amide bonds. The van der Waals surface area contributed by atoms with E-state index in [0.29, 0.717) is 18.1 Å². The van der Waals surface area contributed by atoms with Crippen molar-refractivity contribution in [1.29, 1.82) is 0 Å². The molecule has 2 aromatic heterocycles. The number of allylic oxidation sites excluding steroid dienone is 3. The first-order valence-electron chi connectivity index (χ1n) is 8.00. The van der Waals surface area contributed by atoms with Crippen molar-refractivity contribution in [1.82, 2.24) is 4.98 Å². The Morgan fingerprint density at radius 2 is 2.22 bits per heavy atom. The first kappa shape index (κ1) is 15.9. The SMILES string of the molecule is C=C/C(=C\C)c1c(C(=O)OCC)c(C2CC2)nc2c(C)csc12. The minimum absolute atomic E-state index is 0.272. The summed E-state index contributed by atoms with van der Waals surface area (Å²) in [7, 11) is 0. The number of esters is 1. The van der Waals surface area contributed by atoms with E-state index < -0.39 is 0 Å². The van der Waals surface area contributed by atoms with Gasteiger partial charge in [0, 0.05) is 11.5 Å². The van der Waals surface area contributed by atoms with Gasteiger partial charge in [0.1, 0.15) is 0 Å². The minimum Gasteiger partial charge on any atom is -0.462 e. The quantitative estimate of drug-likeness (QED) is 0.556. The van der Waals surface area contributed by atoms with Crippen LogP contribution in [0.15, 0.2) is 24.1 Å². The van der Waals surface area contributed by atoms with E-state index in [4.69, 9.17) is 9.72 Å². The fourth-order valence-electron chi connectivity index (χ4n) is 2.87. The van der Waals surface area contributed by atoms with Gasteiger partial charge >= 0.3 is 5.97 Å². The summed E-state index contributed by atoms with van der Waals surface area (Å²) in [6.45, 7) is 10.2. The minimum atomic E-state index is -0.272. The van der Waals surface area contributed by atoms with Crippen molar-refractivity contribution >= 4 is 33.1 Å². The molecular weight excluding hydrogens is 306 g/mol. The number of hydrogen-bond acceptors (Lipinski definition) is 4. The molecule has 0 radical (unpaired) electrons. The molecule has 120 valence electrons. The summed E-state index contributed by atoms with van der Waals surface area (Å²) < 4.78 is 6.39. The van der Waals surface area contributed by atoms with E-state index in [2.05, 4.69) is 18.9 Å². The smallest absolute Gasteiger partial charge is 0.340 e. The monoisotopic (exact) mass is 327 g/mol. The molecule has 1 aliphatic carbocycles. The van der Waals surface area contributed by atoms with E-state index in [1.54, 1.807) is 11.3 Å². The highest BCUT2D eigenvalue weighted by Crippen LogP contribution is 2.45. The predicted octanol–water partition coefficient (Wildman–Crippen LogP) is 5.25. The van der Waals surface area contributed by atoms with E-state index in [1.807, 2.05) is 26.0 Å². The molecule has 0 N–H and O–H groups in total. The lowest BCUT2D eigenvalue weighted by Gasteiger charge is -2.15. The Bertz CT molecular complexity index is 812. The number of rotatable bonds is 5. The van der Waals surface area contributed by atoms with E-state index in [-0.39, 0.29) is 5.97 Å². The number of fused-ring (bicyclic) bond motifs is 1. The maximum Gasteiger partial charge on any atom is 0.340 e. The molecule has 0 atom stereocenters. The van der Waals surface area contributed by atoms with Crippen LogP contribution >= 0.6 is 11.3 Å². The van der Waals surface area contributed by atoms with Crippen LogP contribution in [-0.4, -0.2) is 17.6 Å². The summed E-state index contributed by atoms with van der Waals surface area (Å²) in [5.74, 6) is 0.103. The Hall–Kier alpha value is -1.94. The van der Waals surface area contributed by atoms with Crippen LogP contribution in [0.1, 0.15) is 59.8 Å². The highest BCUT2D eigenvalue weighted by atomic mass is 32.1. The normalized spacial score (nSPS) is 15.0. The highest BCUT2D eigenvalue weighted by molar-refractivity contribution is 7.17. The molecule has 0 aromatic carbocycles. The molecule has 4 heteroatoms. The maximum atomic E-state index is 12.7. The van der Waals surface area contributed by atoms with Gasteiger partial charge in [-0.25, -0.2) is 4.79 Å². The van der Waals surface area contributed by atoms with Crippen molar-refractivity contribution in [2.75, 3.05) is 6.61 Å². The Balaban J connectivity index is 2.39. The van der Waals surface area contributed by atoms with Crippen LogP contribution in [0, 0.1) is 6.92 Å². The number of hydrogen-bond donors (Lipinski definition) is 0. The van der Waals surface area contributed by atoms with E-state index >= 15 is 0 Å². The lowest BCUT2D eigenvalue weighted by molar-refractivity contribution is 0.0524. The van der Waals surface area contributed by atoms with Crippen molar-refractivity contribution in [3.05, 3.63) is 46.5 Å². The van der Waals surface area contributed by atoms with Gasteiger partial charge in [0.15, 0.2) is 0 Å². The lowest BCUT2D eigenvalue weighted by Crippen LogP contribution is -2.13. The van der Waals surface area contributed by atoms with Gasteiger partial charge in [-0.15, -0.1) is 11.3 Å². The summed E-state index contributed by atoms with van der Waals surface area (Å²) in [5.41, 5.74) is 5.59. The molecule has 0 bridgehead atoms. The number of aromatic nitrogens is 1. The van der Waals surface area contributed by atoms with Crippen LogP contribution in [0.25, 0.3) is 15.8 Å². The molecule has 3 rings (SSSR count). The third-order valence-corrected chi connectivity index (χ3v) is 5.28. The van der Waals surface area contributed by atoms with Crippen LogP contribution in [0.4, 0.5) is 0 Å². The van der Waals surface area contributed by atoms with Gasteiger partial charge < -0.3 is 4.74 Å². The maximum absolute atomic E-state index is 12.7. The van der Waals surface area contributed by atoms with Crippen molar-refractivity contribution < 1.29 is 9.53 Å². The van der Waals surface area contributed by atoms with Gasteiger partial charge in [-0.2, -0.15) is 0 Å². The van der Waals surface area contributed by atoms with Gasteiger partial charge in [0.05, 0.1) is 28.1 Å². The molecule has 0 spiro atoms. The van der Waals surface area contributed by atoms with Crippen LogP contribution in [0.3, 0.4) is 0 Å². The summed E-state index contributed by atoms with van der Waals surface area (Å²) in [6, 6.07) is 0. The summed E-state index contributed by atoms with van der Waals surface area (Å²) in [6.07, 6.45) is 5.99. The van der Waals surface area contributed by atoms with Crippen LogP contribution in [-0.2, 0) is 4.74 Å². The van der Waals surface area contributed by atoms with Gasteiger partial charge in [0.2, 0.25) is 0 Å². The zero-order valence-electron chi connectivity index (χ0n) is 13.8. The number of aryl methyl sites for hydroxylation is 1. The Morgan fingerprint density at radius 1 is 1.48 bits per heavy atom. The first-order valence-corrected chi connectivity index (χ1v) is 8.88. The predicted molar refractivity (Wildman–Crippen MR) is 96.1 cm³/mol. The average Bonchev–Trinajstić information content (AvgIpc) is 3.32. The molecule has 23 heavy (non-hydrogen) atoms. The molecule has 1 saturated carbocycles. The highest BCUT2D eigenvalue weighted by Gasteiger charge is 2.34. The van der Waals surface area contributed by atoms with Crippen molar-refractivity contribution in [2.45, 2.75) is 39.5 Å². The van der Waals surface area contributed by atoms with Gasteiger partial charge in [0.25, 0.3) is 0 Å². The number of nitrogens with zero attached hydrogens (tertiary/aromatic N) is 1. The Kier molecular flexibility index (Phi) is 4.35. The molecule has 2 heterocycles. The molecule has 3 nitrogen and oxygen atoms in total. The van der Waals surface area contributed by atoms with Crippen LogP contribution < -0.4 is 0 Å². The molecular formula is C19H21NO2S. The second-order valence-corrected chi connectivity index (χ2v) is 6.67. The average molecular weight is 327 g/mol. The largest absolute Gasteiger partial charge is 0.462 e.